The Morgan fingerprint density at radius 1 is 0.385 bits per heavy atom. The third-order valence-corrected chi connectivity index (χ3v) is 0.716. The first kappa shape index (κ1) is 39.0. The van der Waals surface area contributed by atoms with Crippen molar-refractivity contribution in [3.63, 3.8) is 0 Å². The van der Waals surface area contributed by atoms with Crippen molar-refractivity contribution in [3.05, 3.63) is 0 Å². The van der Waals surface area contributed by atoms with Crippen molar-refractivity contribution in [2.45, 2.75) is 0 Å². The van der Waals surface area contributed by atoms with Crippen LogP contribution in [0.15, 0.2) is 0 Å². The van der Waals surface area contributed by atoms with Crippen molar-refractivity contribution in [1.29, 1.82) is 0 Å². The van der Waals surface area contributed by atoms with Crippen LogP contribution in [0.25, 0.3) is 0 Å². The number of carbonyl (C=O) groups is 8. The Bertz CT molecular complexity index is 392. The molecule has 0 aromatic carbocycles. The van der Waals surface area contributed by atoms with E-state index in [1.165, 1.54) is 0 Å². The van der Waals surface area contributed by atoms with Gasteiger partial charge in [-0.3, -0.25) is 0 Å². The Morgan fingerprint density at radius 2 is 0.462 bits per heavy atom. The minimum atomic E-state index is -2.19. The van der Waals surface area contributed by atoms with E-state index in [1.807, 2.05) is 0 Å². The van der Waals surface area contributed by atoms with Crippen molar-refractivity contribution >= 4 is 47.8 Å². The monoisotopic (exact) mass is 404 g/mol. The number of carboxylic acids is 8. The molecule has 26 heavy (non-hydrogen) atoms. The second kappa shape index (κ2) is 22.8. The predicted octanol–water partition coefficient (Wildman–Crippen LogP) is -12.0. The molecule has 0 aliphatic rings. The van der Waals surface area contributed by atoms with Crippen molar-refractivity contribution in [3.8, 4) is 0 Å². The van der Waals surface area contributed by atoms with Crippen LogP contribution in [0, 0.1) is 0 Å². The van der Waals surface area contributed by atoms with E-state index in [1.54, 1.807) is 0 Å². The minimum absolute atomic E-state index is 0. The van der Waals surface area contributed by atoms with Gasteiger partial charge in [0.2, 0.25) is 0 Å². The second-order valence-electron chi connectivity index (χ2n) is 2.41. The minimum Gasteiger partial charge on any atom is -0.543 e. The molecular weight excluding hydrogens is 398 g/mol. The van der Waals surface area contributed by atoms with Gasteiger partial charge in [0.1, 0.15) is 0 Å². The molecule has 0 fully saturated rings. The quantitative estimate of drug-likeness (QED) is 0.161. The van der Waals surface area contributed by atoms with Gasteiger partial charge in [-0.25, -0.2) is 28.8 Å². The van der Waals surface area contributed by atoms with Gasteiger partial charge < -0.3 is 50.4 Å². The van der Waals surface area contributed by atoms with Gasteiger partial charge in [-0.1, -0.05) is 0 Å². The summed E-state index contributed by atoms with van der Waals surface area (Å²) in [4.78, 5) is 72.4. The van der Waals surface area contributed by atoms with E-state index in [2.05, 4.69) is 0 Å². The summed E-state index contributed by atoms with van der Waals surface area (Å²) < 4.78 is 0. The van der Waals surface area contributed by atoms with Crippen LogP contribution in [0.1, 0.15) is 0 Å². The first-order valence-corrected chi connectivity index (χ1v) is 4.38. The fourth-order valence-electron chi connectivity index (χ4n) is 0. The molecule has 0 aromatic heterocycles. The maximum atomic E-state index is 9.10. The molecule has 0 radical (unpaired) electrons. The van der Waals surface area contributed by atoms with E-state index in [4.69, 9.17) is 79.2 Å². The molecule has 6 N–H and O–H groups in total. The van der Waals surface area contributed by atoms with Crippen LogP contribution in [0.2, 0.25) is 0 Å². The van der Waals surface area contributed by atoms with Gasteiger partial charge in [0.15, 0.2) is 0 Å². The molecule has 0 unspecified atom stereocenters. The molecule has 0 heterocycles. The maximum Gasteiger partial charge on any atom is 1.00 e. The van der Waals surface area contributed by atoms with E-state index in [9.17, 15) is 0 Å². The van der Waals surface area contributed by atoms with Gasteiger partial charge in [0.25, 0.3) is 0 Å². The molecule has 0 aliphatic carbocycles. The third-order valence-electron chi connectivity index (χ3n) is 0.716. The third kappa shape index (κ3) is 49.5. The summed E-state index contributed by atoms with van der Waals surface area (Å²) in [5, 5.41) is 62.2. The zero-order chi connectivity index (χ0) is 20.6. The van der Waals surface area contributed by atoms with Crippen LogP contribution < -0.4 is 69.3 Å². The molecule has 0 amide bonds. The van der Waals surface area contributed by atoms with E-state index in [-0.39, 0.29) is 59.1 Å². The van der Waals surface area contributed by atoms with Gasteiger partial charge in [0.05, 0.1) is 11.9 Å². The summed E-state index contributed by atoms with van der Waals surface area (Å²) >= 11 is 0. The zero-order valence-electron chi connectivity index (χ0n) is 12.8. The van der Waals surface area contributed by atoms with Crippen molar-refractivity contribution < 1.29 is 138 Å². The average Bonchev–Trinajstić information content (AvgIpc) is 2.40. The molecule has 0 aromatic rings. The van der Waals surface area contributed by atoms with Gasteiger partial charge in [0, 0.05) is 0 Å². The Kier molecular flexibility index (Phi) is 34.2. The summed E-state index contributed by atoms with van der Waals surface area (Å²) in [6.45, 7) is 0. The first-order valence-electron chi connectivity index (χ1n) is 4.38. The number of hydrogen-bond acceptors (Lipinski definition) is 10. The fraction of sp³-hybridized carbons (Fsp3) is 0. The molecule has 0 saturated heterocycles. The Labute approximate surface area is 185 Å². The van der Waals surface area contributed by atoms with Gasteiger partial charge in [-0.05, 0) is 0 Å². The van der Waals surface area contributed by atoms with Crippen LogP contribution >= 0.6 is 0 Å². The molecular formula is C8H6Na2O16. The van der Waals surface area contributed by atoms with E-state index in [0.29, 0.717) is 0 Å². The van der Waals surface area contributed by atoms with Gasteiger partial charge in [-0.15, -0.1) is 0 Å². The normalized spacial score (nSPS) is 6.77. The molecule has 0 bridgehead atoms. The summed E-state index contributed by atoms with van der Waals surface area (Å²) in [6, 6.07) is 0. The first-order chi connectivity index (χ1) is 10.6. The number of carbonyl (C=O) groups excluding carboxylic acids is 2. The van der Waals surface area contributed by atoms with Crippen LogP contribution in [0.5, 0.6) is 0 Å². The van der Waals surface area contributed by atoms with E-state index < -0.39 is 47.8 Å². The van der Waals surface area contributed by atoms with Gasteiger partial charge >= 0.3 is 94.9 Å². The molecule has 0 atom stereocenters. The number of hydrogen-bond donors (Lipinski definition) is 6. The van der Waals surface area contributed by atoms with Crippen molar-refractivity contribution in [1.82, 2.24) is 0 Å². The molecule has 0 spiro atoms. The topological polar surface area (TPSA) is 304 Å². The Balaban J connectivity index is -0.0000000500. The van der Waals surface area contributed by atoms with Gasteiger partial charge in [-0.2, -0.15) is 0 Å². The Hall–Kier alpha value is -2.24. The molecule has 18 heteroatoms. The zero-order valence-corrected chi connectivity index (χ0v) is 16.8. The molecule has 0 rings (SSSR count). The summed E-state index contributed by atoms with van der Waals surface area (Å²) in [6.07, 6.45) is 0. The standard InChI is InChI=1S/4C2H2O4.2Na/c4*3-1(4)2(5)6;;/h4*(H,3,4)(H,5,6);;/q;;;;2*+1/p-2. The predicted molar refractivity (Wildman–Crippen MR) is 55.8 cm³/mol. The van der Waals surface area contributed by atoms with E-state index >= 15 is 0 Å². The average molecular weight is 404 g/mol. The van der Waals surface area contributed by atoms with Crippen molar-refractivity contribution in [2.24, 2.45) is 0 Å². The van der Waals surface area contributed by atoms with Crippen molar-refractivity contribution in [2.75, 3.05) is 0 Å². The maximum absolute atomic E-state index is 9.10. The smallest absolute Gasteiger partial charge is 0.543 e. The number of carboxylic acid groups (broad SMARTS) is 8. The number of aliphatic carboxylic acids is 8. The molecule has 136 valence electrons. The largest absolute Gasteiger partial charge is 1.00 e. The molecule has 16 nitrogen and oxygen atoms in total. The Morgan fingerprint density at radius 3 is 0.462 bits per heavy atom. The molecule has 0 saturated carbocycles. The van der Waals surface area contributed by atoms with Crippen LogP contribution in [-0.2, 0) is 38.4 Å². The summed E-state index contributed by atoms with van der Waals surface area (Å²) in [7, 11) is 0. The summed E-state index contributed by atoms with van der Waals surface area (Å²) in [5.41, 5.74) is 0. The fourth-order valence-corrected chi connectivity index (χ4v) is 0. The second-order valence-corrected chi connectivity index (χ2v) is 2.41. The summed E-state index contributed by atoms with van der Waals surface area (Å²) in [5.74, 6) is -15.3. The van der Waals surface area contributed by atoms with Crippen LogP contribution in [0.3, 0.4) is 0 Å². The van der Waals surface area contributed by atoms with E-state index in [0.717, 1.165) is 0 Å². The number of rotatable bonds is 0. The SMILES string of the molecule is O=C(O)C(=O)O.O=C(O)C(=O)O.O=C(O)C(=O)O.O=C([O-])C(=O)[O-].[Na+].[Na+]. The van der Waals surface area contributed by atoms with Crippen LogP contribution in [0.4, 0.5) is 0 Å². The molecule has 0 aliphatic heterocycles. The van der Waals surface area contributed by atoms with Crippen LogP contribution in [-0.4, -0.2) is 78.4 Å².